The number of amides is 2. The number of nitrogens with one attached hydrogen (secondary N) is 1. The maximum atomic E-state index is 13.5. The third kappa shape index (κ3) is 3.44. The first-order chi connectivity index (χ1) is 14.1. The highest BCUT2D eigenvalue weighted by Crippen LogP contribution is 2.32. The number of hydrogen-bond acceptors (Lipinski definition) is 3. The fourth-order valence-electron chi connectivity index (χ4n) is 5.51. The Bertz CT molecular complexity index is 908. The maximum absolute atomic E-state index is 13.5. The molecule has 29 heavy (non-hydrogen) atoms. The van der Waals surface area contributed by atoms with E-state index in [1.807, 2.05) is 35.4 Å². The SMILES string of the molecule is CC1CCN(CC(=O)N2CC3CCCC(C2)N3C(=O)c2cccc3cc[nH]c23)C1. The smallest absolute Gasteiger partial charge is 0.256 e. The summed E-state index contributed by atoms with van der Waals surface area (Å²) < 4.78 is 0. The molecule has 2 aromatic rings. The number of piperazine rings is 1. The molecule has 0 radical (unpaired) electrons. The summed E-state index contributed by atoms with van der Waals surface area (Å²) in [5.74, 6) is 1.02. The molecule has 3 unspecified atom stereocenters. The highest BCUT2D eigenvalue weighted by Gasteiger charge is 2.42. The van der Waals surface area contributed by atoms with E-state index in [9.17, 15) is 9.59 Å². The van der Waals surface area contributed by atoms with Gasteiger partial charge in [-0.1, -0.05) is 19.1 Å². The molecule has 2 amide bonds. The van der Waals surface area contributed by atoms with Crippen molar-refractivity contribution in [2.75, 3.05) is 32.7 Å². The van der Waals surface area contributed by atoms with Crippen LogP contribution in [0, 0.1) is 5.92 Å². The highest BCUT2D eigenvalue weighted by atomic mass is 16.2. The molecule has 3 aliphatic rings. The van der Waals surface area contributed by atoms with Crippen molar-refractivity contribution in [1.82, 2.24) is 19.7 Å². The van der Waals surface area contributed by atoms with Crippen LogP contribution in [0.4, 0.5) is 0 Å². The lowest BCUT2D eigenvalue weighted by Gasteiger charge is -2.50. The molecule has 154 valence electrons. The zero-order valence-corrected chi connectivity index (χ0v) is 17.1. The van der Waals surface area contributed by atoms with E-state index < -0.39 is 0 Å². The number of nitrogens with zero attached hydrogens (tertiary/aromatic N) is 3. The van der Waals surface area contributed by atoms with E-state index in [-0.39, 0.29) is 23.9 Å². The van der Waals surface area contributed by atoms with Gasteiger partial charge in [0.05, 0.1) is 17.6 Å². The number of para-hydroxylation sites is 1. The van der Waals surface area contributed by atoms with Crippen molar-refractivity contribution < 1.29 is 9.59 Å². The molecule has 5 rings (SSSR count). The Labute approximate surface area is 171 Å². The molecular formula is C23H30N4O2. The largest absolute Gasteiger partial charge is 0.361 e. The summed E-state index contributed by atoms with van der Waals surface area (Å²) in [7, 11) is 0. The van der Waals surface area contributed by atoms with Gasteiger partial charge >= 0.3 is 0 Å². The van der Waals surface area contributed by atoms with E-state index in [0.29, 0.717) is 25.6 Å². The van der Waals surface area contributed by atoms with E-state index >= 15 is 0 Å². The van der Waals surface area contributed by atoms with E-state index in [0.717, 1.165) is 48.8 Å². The van der Waals surface area contributed by atoms with Crippen LogP contribution in [0.25, 0.3) is 10.9 Å². The summed E-state index contributed by atoms with van der Waals surface area (Å²) >= 11 is 0. The second-order valence-corrected chi connectivity index (χ2v) is 9.13. The third-order valence-corrected chi connectivity index (χ3v) is 7.00. The second kappa shape index (κ2) is 7.48. The van der Waals surface area contributed by atoms with Crippen molar-refractivity contribution in [3.05, 3.63) is 36.0 Å². The average Bonchev–Trinajstić information content (AvgIpc) is 3.34. The minimum atomic E-state index is 0.105. The summed E-state index contributed by atoms with van der Waals surface area (Å²) in [5.41, 5.74) is 1.66. The number of aromatic amines is 1. The molecule has 3 atom stereocenters. The number of likely N-dealkylation sites (tertiary alicyclic amines) is 2. The molecule has 4 heterocycles. The topological polar surface area (TPSA) is 59.7 Å². The van der Waals surface area contributed by atoms with Crippen LogP contribution in [0.15, 0.2) is 30.5 Å². The van der Waals surface area contributed by atoms with Gasteiger partial charge in [-0.3, -0.25) is 14.5 Å². The second-order valence-electron chi connectivity index (χ2n) is 9.13. The lowest BCUT2D eigenvalue weighted by atomic mass is 9.90. The monoisotopic (exact) mass is 394 g/mol. The minimum Gasteiger partial charge on any atom is -0.361 e. The number of hydrogen-bond donors (Lipinski definition) is 1. The quantitative estimate of drug-likeness (QED) is 0.871. The van der Waals surface area contributed by atoms with Gasteiger partial charge in [-0.2, -0.15) is 0 Å². The van der Waals surface area contributed by atoms with E-state index in [1.165, 1.54) is 6.42 Å². The summed E-state index contributed by atoms with van der Waals surface area (Å²) in [6.07, 6.45) is 6.17. The van der Waals surface area contributed by atoms with Gasteiger partial charge in [0, 0.05) is 43.3 Å². The fraction of sp³-hybridized carbons (Fsp3) is 0.565. The van der Waals surface area contributed by atoms with Crippen molar-refractivity contribution in [1.29, 1.82) is 0 Å². The number of piperidine rings is 1. The first-order valence-electron chi connectivity index (χ1n) is 11.0. The molecule has 3 fully saturated rings. The minimum absolute atomic E-state index is 0.105. The van der Waals surface area contributed by atoms with Crippen LogP contribution < -0.4 is 0 Å². The zero-order chi connectivity index (χ0) is 20.0. The molecule has 0 aliphatic carbocycles. The third-order valence-electron chi connectivity index (χ3n) is 7.00. The number of fused-ring (bicyclic) bond motifs is 3. The first kappa shape index (κ1) is 18.7. The Balaban J connectivity index is 1.32. The van der Waals surface area contributed by atoms with Gasteiger partial charge in [0.15, 0.2) is 0 Å². The van der Waals surface area contributed by atoms with Gasteiger partial charge in [0.25, 0.3) is 5.91 Å². The number of carbonyl (C=O) groups is 2. The van der Waals surface area contributed by atoms with E-state index in [2.05, 4.69) is 21.7 Å². The number of H-pyrrole nitrogens is 1. The van der Waals surface area contributed by atoms with Gasteiger partial charge in [-0.25, -0.2) is 0 Å². The van der Waals surface area contributed by atoms with Crippen LogP contribution in [-0.4, -0.2) is 76.3 Å². The average molecular weight is 395 g/mol. The Kier molecular flexibility index (Phi) is 4.82. The van der Waals surface area contributed by atoms with Crippen LogP contribution in [0.3, 0.4) is 0 Å². The van der Waals surface area contributed by atoms with E-state index in [1.54, 1.807) is 0 Å². The maximum Gasteiger partial charge on any atom is 0.256 e. The number of aromatic nitrogens is 1. The van der Waals surface area contributed by atoms with Crippen molar-refractivity contribution >= 4 is 22.7 Å². The summed E-state index contributed by atoms with van der Waals surface area (Å²) in [6.45, 7) is 6.18. The van der Waals surface area contributed by atoms with Gasteiger partial charge in [-0.05, 0) is 50.3 Å². The summed E-state index contributed by atoms with van der Waals surface area (Å²) in [5, 5.41) is 1.06. The van der Waals surface area contributed by atoms with Crippen LogP contribution >= 0.6 is 0 Å². The van der Waals surface area contributed by atoms with Crippen molar-refractivity contribution in [2.24, 2.45) is 5.92 Å². The molecule has 0 saturated carbocycles. The van der Waals surface area contributed by atoms with Crippen LogP contribution in [0.5, 0.6) is 0 Å². The molecule has 6 nitrogen and oxygen atoms in total. The highest BCUT2D eigenvalue weighted by molar-refractivity contribution is 6.06. The molecule has 3 saturated heterocycles. The van der Waals surface area contributed by atoms with Crippen molar-refractivity contribution in [2.45, 2.75) is 44.7 Å². The normalized spacial score (nSPS) is 27.6. The summed E-state index contributed by atoms with van der Waals surface area (Å²) in [4.78, 5) is 36.1. The zero-order valence-electron chi connectivity index (χ0n) is 17.1. The van der Waals surface area contributed by atoms with Crippen molar-refractivity contribution in [3.63, 3.8) is 0 Å². The molecule has 3 aliphatic heterocycles. The van der Waals surface area contributed by atoms with Gasteiger partial charge in [-0.15, -0.1) is 0 Å². The number of carbonyl (C=O) groups excluding carboxylic acids is 2. The Morgan fingerprint density at radius 3 is 2.59 bits per heavy atom. The summed E-state index contributed by atoms with van der Waals surface area (Å²) in [6, 6.07) is 8.16. The fourth-order valence-corrected chi connectivity index (χ4v) is 5.51. The van der Waals surface area contributed by atoms with E-state index in [4.69, 9.17) is 0 Å². The van der Waals surface area contributed by atoms with Crippen LogP contribution in [0.2, 0.25) is 0 Å². The molecular weight excluding hydrogens is 364 g/mol. The first-order valence-corrected chi connectivity index (χ1v) is 11.0. The van der Waals surface area contributed by atoms with Gasteiger partial charge in [0.1, 0.15) is 0 Å². The molecule has 1 N–H and O–H groups in total. The van der Waals surface area contributed by atoms with Crippen LogP contribution in [0.1, 0.15) is 43.0 Å². The predicted molar refractivity (Wildman–Crippen MR) is 113 cm³/mol. The lowest BCUT2D eigenvalue weighted by molar-refractivity contribution is -0.137. The standard InChI is InChI=1S/C23H30N4O2/c1-16-9-11-25(12-16)15-21(28)26-13-18-5-3-6-19(14-26)27(18)23(29)20-7-2-4-17-8-10-24-22(17)20/h2,4,7-8,10,16,18-19,24H,3,5-6,9,11-15H2,1H3. The van der Waals surface area contributed by atoms with Gasteiger partial charge < -0.3 is 14.8 Å². The van der Waals surface area contributed by atoms with Crippen molar-refractivity contribution in [3.8, 4) is 0 Å². The number of rotatable bonds is 3. The number of benzene rings is 1. The molecule has 1 aromatic carbocycles. The lowest BCUT2D eigenvalue weighted by Crippen LogP contribution is -2.64. The Morgan fingerprint density at radius 1 is 1.07 bits per heavy atom. The molecule has 0 spiro atoms. The molecule has 1 aromatic heterocycles. The Morgan fingerprint density at radius 2 is 1.86 bits per heavy atom. The molecule has 6 heteroatoms. The molecule has 2 bridgehead atoms. The predicted octanol–water partition coefficient (Wildman–Crippen LogP) is 2.72. The van der Waals surface area contributed by atoms with Gasteiger partial charge in [0.2, 0.25) is 5.91 Å². The Hall–Kier alpha value is -2.34. The van der Waals surface area contributed by atoms with Crippen LogP contribution in [-0.2, 0) is 4.79 Å².